The van der Waals surface area contributed by atoms with Crippen molar-refractivity contribution < 1.29 is 0 Å². The number of guanidine groups is 1. The van der Waals surface area contributed by atoms with Crippen LogP contribution in [-0.4, -0.2) is 42.2 Å². The van der Waals surface area contributed by atoms with Crippen molar-refractivity contribution >= 4 is 5.96 Å². The zero-order chi connectivity index (χ0) is 15.2. The van der Waals surface area contributed by atoms with Gasteiger partial charge in [0.25, 0.3) is 0 Å². The minimum atomic E-state index is -0.728. The van der Waals surface area contributed by atoms with Gasteiger partial charge in [-0.15, -0.1) is 0 Å². The van der Waals surface area contributed by atoms with E-state index in [0.29, 0.717) is 5.96 Å². The van der Waals surface area contributed by atoms with E-state index in [1.54, 1.807) is 0 Å². The van der Waals surface area contributed by atoms with Gasteiger partial charge in [0, 0.05) is 13.1 Å². The standard InChI is InChI=1S/C14H28N6/c1-12(2,3)7-14(16)6-10(18-11(15)19-14)20-8-13(4,9-20)17-5/h6,17H,7-9,16H2,1-5H3,(H3,15,18,19). The molecule has 2 aliphatic heterocycles. The highest BCUT2D eigenvalue weighted by atomic mass is 15.4. The third-order valence-corrected chi connectivity index (χ3v) is 3.81. The maximum Gasteiger partial charge on any atom is 0.196 e. The number of likely N-dealkylation sites (tertiary alicyclic amines) is 1. The molecule has 0 aromatic carbocycles. The molecule has 6 heteroatoms. The molecule has 6 nitrogen and oxygen atoms in total. The molecule has 0 aliphatic carbocycles. The minimum absolute atomic E-state index is 0.0892. The molecule has 6 N–H and O–H groups in total. The van der Waals surface area contributed by atoms with Gasteiger partial charge in [0.15, 0.2) is 5.96 Å². The molecule has 114 valence electrons. The number of nitrogens with one attached hydrogen (secondary N) is 2. The average Bonchev–Trinajstić information content (AvgIpc) is 2.19. The summed E-state index contributed by atoms with van der Waals surface area (Å²) in [5.41, 5.74) is 11.9. The molecule has 20 heavy (non-hydrogen) atoms. The van der Waals surface area contributed by atoms with E-state index in [9.17, 15) is 0 Å². The normalized spacial score (nSPS) is 29.2. The Morgan fingerprint density at radius 3 is 2.55 bits per heavy atom. The molecule has 2 aliphatic rings. The van der Waals surface area contributed by atoms with Crippen molar-refractivity contribution in [3.05, 3.63) is 11.9 Å². The van der Waals surface area contributed by atoms with Gasteiger partial charge in [-0.2, -0.15) is 0 Å². The van der Waals surface area contributed by atoms with E-state index in [2.05, 4.69) is 48.2 Å². The molecule has 1 unspecified atom stereocenters. The molecular weight excluding hydrogens is 252 g/mol. The maximum absolute atomic E-state index is 6.42. The number of rotatable bonds is 3. The van der Waals surface area contributed by atoms with Crippen molar-refractivity contribution in [2.24, 2.45) is 21.9 Å². The van der Waals surface area contributed by atoms with Crippen LogP contribution in [0.4, 0.5) is 0 Å². The Hall–Kier alpha value is -1.27. The summed E-state index contributed by atoms with van der Waals surface area (Å²) in [6.07, 6.45) is 2.76. The lowest BCUT2D eigenvalue weighted by Crippen LogP contribution is -2.68. The minimum Gasteiger partial charge on any atom is -0.370 e. The molecular formula is C14H28N6. The third kappa shape index (κ3) is 3.24. The van der Waals surface area contributed by atoms with Crippen molar-refractivity contribution in [3.8, 4) is 0 Å². The van der Waals surface area contributed by atoms with Crippen LogP contribution in [0.1, 0.15) is 34.1 Å². The Morgan fingerprint density at radius 1 is 1.45 bits per heavy atom. The second-order valence-corrected chi connectivity index (χ2v) is 7.55. The number of likely N-dealkylation sites (N-methyl/N-ethyl adjacent to an activating group) is 1. The summed E-state index contributed by atoms with van der Waals surface area (Å²) in [4.78, 5) is 6.63. The van der Waals surface area contributed by atoms with Gasteiger partial charge >= 0.3 is 0 Å². The van der Waals surface area contributed by atoms with Crippen LogP contribution in [0, 0.1) is 5.41 Å². The van der Waals surface area contributed by atoms with Gasteiger partial charge in [-0.1, -0.05) is 20.8 Å². The Kier molecular flexibility index (Phi) is 3.50. The van der Waals surface area contributed by atoms with Gasteiger partial charge in [-0.3, -0.25) is 0 Å². The molecule has 1 fully saturated rings. The number of nitrogens with zero attached hydrogens (tertiary/aromatic N) is 2. The largest absolute Gasteiger partial charge is 0.370 e. The Labute approximate surface area is 121 Å². The van der Waals surface area contributed by atoms with Crippen LogP contribution in [0.25, 0.3) is 0 Å². The predicted octanol–water partition coefficient (Wildman–Crippen LogP) is 0.131. The first-order chi connectivity index (χ1) is 9.04. The summed E-state index contributed by atoms with van der Waals surface area (Å²) >= 11 is 0. The first kappa shape index (κ1) is 15.1. The molecule has 2 rings (SSSR count). The van der Waals surface area contributed by atoms with Crippen LogP contribution in [0.2, 0.25) is 0 Å². The van der Waals surface area contributed by atoms with Crippen molar-refractivity contribution in [2.75, 3.05) is 20.1 Å². The average molecular weight is 280 g/mol. The second kappa shape index (κ2) is 4.63. The predicted molar refractivity (Wildman–Crippen MR) is 82.9 cm³/mol. The summed E-state index contributed by atoms with van der Waals surface area (Å²) in [6, 6.07) is 0. The van der Waals surface area contributed by atoms with E-state index >= 15 is 0 Å². The van der Waals surface area contributed by atoms with Crippen molar-refractivity contribution in [1.82, 2.24) is 15.5 Å². The monoisotopic (exact) mass is 280 g/mol. The first-order valence-corrected chi connectivity index (χ1v) is 7.12. The van der Waals surface area contributed by atoms with Crippen LogP contribution in [0.5, 0.6) is 0 Å². The first-order valence-electron chi connectivity index (χ1n) is 7.12. The lowest BCUT2D eigenvalue weighted by atomic mass is 9.84. The molecule has 0 aromatic heterocycles. The molecule has 0 saturated carbocycles. The van der Waals surface area contributed by atoms with Crippen LogP contribution in [0.15, 0.2) is 16.9 Å². The maximum atomic E-state index is 6.42. The van der Waals surface area contributed by atoms with Gasteiger partial charge in [0.1, 0.15) is 11.5 Å². The van der Waals surface area contributed by atoms with Crippen LogP contribution < -0.4 is 22.1 Å². The summed E-state index contributed by atoms with van der Waals surface area (Å²) in [5, 5.41) is 6.46. The molecule has 0 bridgehead atoms. The molecule has 0 aromatic rings. The van der Waals surface area contributed by atoms with Gasteiger partial charge in [0.2, 0.25) is 0 Å². The van der Waals surface area contributed by atoms with Gasteiger partial charge in [0.05, 0.1) is 5.54 Å². The molecule has 1 saturated heterocycles. The fourth-order valence-corrected chi connectivity index (χ4v) is 2.92. The lowest BCUT2D eigenvalue weighted by molar-refractivity contribution is 0.0877. The summed E-state index contributed by atoms with van der Waals surface area (Å²) in [7, 11) is 1.99. The highest BCUT2D eigenvalue weighted by molar-refractivity contribution is 5.81. The Morgan fingerprint density at radius 2 is 2.05 bits per heavy atom. The molecule has 0 amide bonds. The molecule has 1 atom stereocenters. The SMILES string of the molecule is CNC1(C)CN(C2=CC(N)(CC(C)(C)C)N=C(N)N2)C1. The van der Waals surface area contributed by atoms with E-state index in [1.807, 2.05) is 13.1 Å². The number of hydrogen-bond donors (Lipinski definition) is 4. The van der Waals surface area contributed by atoms with E-state index in [1.165, 1.54) is 0 Å². The summed E-state index contributed by atoms with van der Waals surface area (Å²) in [5.74, 6) is 1.37. The molecule has 2 heterocycles. The summed E-state index contributed by atoms with van der Waals surface area (Å²) < 4.78 is 0. The van der Waals surface area contributed by atoms with Crippen LogP contribution >= 0.6 is 0 Å². The number of aliphatic imine (C=N–C) groups is 1. The van der Waals surface area contributed by atoms with Gasteiger partial charge < -0.3 is 27.0 Å². The fourth-order valence-electron chi connectivity index (χ4n) is 2.92. The molecule has 0 spiro atoms. The Balaban J connectivity index is 2.13. The van der Waals surface area contributed by atoms with Gasteiger partial charge in [-0.05, 0) is 31.9 Å². The lowest BCUT2D eigenvalue weighted by Gasteiger charge is -2.51. The Bertz CT molecular complexity index is 441. The zero-order valence-corrected chi connectivity index (χ0v) is 13.2. The van der Waals surface area contributed by atoms with E-state index < -0.39 is 5.66 Å². The highest BCUT2D eigenvalue weighted by Crippen LogP contribution is 2.31. The van der Waals surface area contributed by atoms with Crippen LogP contribution in [-0.2, 0) is 0 Å². The van der Waals surface area contributed by atoms with Gasteiger partial charge in [-0.25, -0.2) is 4.99 Å². The highest BCUT2D eigenvalue weighted by Gasteiger charge is 2.41. The van der Waals surface area contributed by atoms with Crippen LogP contribution in [0.3, 0.4) is 0 Å². The number of hydrogen-bond acceptors (Lipinski definition) is 6. The topological polar surface area (TPSA) is 91.7 Å². The quantitative estimate of drug-likeness (QED) is 0.590. The smallest absolute Gasteiger partial charge is 0.196 e. The zero-order valence-electron chi connectivity index (χ0n) is 13.2. The van der Waals surface area contributed by atoms with Crippen molar-refractivity contribution in [3.63, 3.8) is 0 Å². The number of nitrogens with two attached hydrogens (primary N) is 2. The second-order valence-electron chi connectivity index (χ2n) is 7.55. The molecule has 0 radical (unpaired) electrons. The van der Waals surface area contributed by atoms with Crippen molar-refractivity contribution in [2.45, 2.75) is 45.3 Å². The van der Waals surface area contributed by atoms with E-state index in [-0.39, 0.29) is 11.0 Å². The summed E-state index contributed by atoms with van der Waals surface area (Å²) in [6.45, 7) is 10.5. The van der Waals surface area contributed by atoms with E-state index in [0.717, 1.165) is 25.3 Å². The fraction of sp³-hybridized carbons (Fsp3) is 0.786. The van der Waals surface area contributed by atoms with Crippen molar-refractivity contribution in [1.29, 1.82) is 0 Å². The van der Waals surface area contributed by atoms with E-state index in [4.69, 9.17) is 11.5 Å². The third-order valence-electron chi connectivity index (χ3n) is 3.81.